The maximum absolute atomic E-state index is 11.8. The van der Waals surface area contributed by atoms with Gasteiger partial charge in [0.15, 0.2) is 0 Å². The molecule has 0 aliphatic carbocycles. The SMILES string of the molecule is CCCOCC(=O)Nc1ccnn1Cc1cccc(Br)c1. The molecule has 0 aliphatic heterocycles. The highest BCUT2D eigenvalue weighted by atomic mass is 79.9. The molecule has 1 heterocycles. The Morgan fingerprint density at radius 2 is 2.29 bits per heavy atom. The minimum atomic E-state index is -0.167. The van der Waals surface area contributed by atoms with E-state index in [4.69, 9.17) is 4.74 Å². The lowest BCUT2D eigenvalue weighted by molar-refractivity contribution is -0.120. The van der Waals surface area contributed by atoms with Crippen LogP contribution in [0.3, 0.4) is 0 Å². The molecular formula is C15H18BrN3O2. The zero-order chi connectivity index (χ0) is 15.1. The van der Waals surface area contributed by atoms with Crippen LogP contribution in [-0.4, -0.2) is 28.9 Å². The molecular weight excluding hydrogens is 334 g/mol. The maximum Gasteiger partial charge on any atom is 0.251 e. The molecule has 1 aromatic heterocycles. The summed E-state index contributed by atoms with van der Waals surface area (Å²) in [4.78, 5) is 11.8. The summed E-state index contributed by atoms with van der Waals surface area (Å²) in [6.45, 7) is 3.25. The van der Waals surface area contributed by atoms with Gasteiger partial charge in [-0.2, -0.15) is 5.10 Å². The number of amides is 1. The molecule has 0 fully saturated rings. The van der Waals surface area contributed by atoms with Crippen LogP contribution in [-0.2, 0) is 16.1 Å². The summed E-state index contributed by atoms with van der Waals surface area (Å²) >= 11 is 3.44. The van der Waals surface area contributed by atoms with Crippen LogP contribution in [0.15, 0.2) is 41.0 Å². The molecule has 2 aromatic rings. The lowest BCUT2D eigenvalue weighted by atomic mass is 10.2. The molecule has 0 spiro atoms. The van der Waals surface area contributed by atoms with Gasteiger partial charge in [-0.25, -0.2) is 4.68 Å². The molecule has 21 heavy (non-hydrogen) atoms. The Hall–Kier alpha value is -1.66. The number of benzene rings is 1. The normalized spacial score (nSPS) is 10.6. The highest BCUT2D eigenvalue weighted by Crippen LogP contribution is 2.15. The van der Waals surface area contributed by atoms with E-state index in [2.05, 4.69) is 26.3 Å². The molecule has 6 heteroatoms. The number of nitrogens with zero attached hydrogens (tertiary/aromatic N) is 2. The molecule has 2 rings (SSSR count). The molecule has 0 unspecified atom stereocenters. The quantitative estimate of drug-likeness (QED) is 0.780. The van der Waals surface area contributed by atoms with Crippen molar-refractivity contribution < 1.29 is 9.53 Å². The number of carbonyl (C=O) groups excluding carboxylic acids is 1. The van der Waals surface area contributed by atoms with E-state index in [0.717, 1.165) is 16.5 Å². The van der Waals surface area contributed by atoms with Crippen molar-refractivity contribution >= 4 is 27.7 Å². The second-order valence-corrected chi connectivity index (χ2v) is 5.52. The smallest absolute Gasteiger partial charge is 0.251 e. The number of anilines is 1. The van der Waals surface area contributed by atoms with E-state index < -0.39 is 0 Å². The number of nitrogens with one attached hydrogen (secondary N) is 1. The van der Waals surface area contributed by atoms with Crippen molar-refractivity contribution in [3.05, 3.63) is 46.6 Å². The first-order chi connectivity index (χ1) is 10.2. The van der Waals surface area contributed by atoms with Crippen molar-refractivity contribution in [3.63, 3.8) is 0 Å². The van der Waals surface area contributed by atoms with E-state index in [9.17, 15) is 4.79 Å². The molecule has 5 nitrogen and oxygen atoms in total. The second kappa shape index (κ2) is 7.95. The number of aromatic nitrogens is 2. The number of hydrogen-bond acceptors (Lipinski definition) is 3. The summed E-state index contributed by atoms with van der Waals surface area (Å²) in [6.07, 6.45) is 2.56. The largest absolute Gasteiger partial charge is 0.372 e. The van der Waals surface area contributed by atoms with E-state index in [1.165, 1.54) is 0 Å². The fraction of sp³-hybridized carbons (Fsp3) is 0.333. The van der Waals surface area contributed by atoms with E-state index >= 15 is 0 Å². The predicted molar refractivity (Wildman–Crippen MR) is 85.2 cm³/mol. The minimum Gasteiger partial charge on any atom is -0.372 e. The number of carbonyl (C=O) groups is 1. The number of halogens is 1. The third-order valence-corrected chi connectivity index (χ3v) is 3.28. The fourth-order valence-corrected chi connectivity index (χ4v) is 2.31. The molecule has 0 saturated carbocycles. The lowest BCUT2D eigenvalue weighted by Crippen LogP contribution is -2.21. The highest BCUT2D eigenvalue weighted by molar-refractivity contribution is 9.10. The summed E-state index contributed by atoms with van der Waals surface area (Å²) in [6, 6.07) is 9.76. The second-order valence-electron chi connectivity index (χ2n) is 4.60. The molecule has 0 radical (unpaired) electrons. The molecule has 1 N–H and O–H groups in total. The summed E-state index contributed by atoms with van der Waals surface area (Å²) in [7, 11) is 0. The third kappa shape index (κ3) is 4.99. The topological polar surface area (TPSA) is 56.1 Å². The van der Waals surface area contributed by atoms with Gasteiger partial charge in [-0.1, -0.05) is 35.0 Å². The Morgan fingerprint density at radius 3 is 3.05 bits per heavy atom. The van der Waals surface area contributed by atoms with Crippen LogP contribution in [0.25, 0.3) is 0 Å². The summed E-state index contributed by atoms with van der Waals surface area (Å²) in [5.74, 6) is 0.500. The van der Waals surface area contributed by atoms with Crippen molar-refractivity contribution in [1.29, 1.82) is 0 Å². The van der Waals surface area contributed by atoms with Crippen LogP contribution in [0.2, 0.25) is 0 Å². The molecule has 112 valence electrons. The van der Waals surface area contributed by atoms with Gasteiger partial charge in [-0.15, -0.1) is 0 Å². The Balaban J connectivity index is 1.97. The van der Waals surface area contributed by atoms with Gasteiger partial charge in [0.05, 0.1) is 12.7 Å². The standard InChI is InChI=1S/C15H18BrN3O2/c1-2-8-21-11-15(20)18-14-6-7-17-19(14)10-12-4-3-5-13(16)9-12/h3-7,9H,2,8,10-11H2,1H3,(H,18,20). The number of rotatable bonds is 7. The average Bonchev–Trinajstić information content (AvgIpc) is 2.86. The monoisotopic (exact) mass is 351 g/mol. The van der Waals surface area contributed by atoms with E-state index in [-0.39, 0.29) is 12.5 Å². The Morgan fingerprint density at radius 1 is 1.43 bits per heavy atom. The zero-order valence-corrected chi connectivity index (χ0v) is 13.5. The van der Waals surface area contributed by atoms with Crippen LogP contribution < -0.4 is 5.32 Å². The van der Waals surface area contributed by atoms with E-state index in [1.807, 2.05) is 31.2 Å². The molecule has 0 aliphatic rings. The maximum atomic E-state index is 11.8. The van der Waals surface area contributed by atoms with Gasteiger partial charge < -0.3 is 10.1 Å². The van der Waals surface area contributed by atoms with Gasteiger partial charge in [-0.05, 0) is 24.1 Å². The molecule has 0 bridgehead atoms. The number of ether oxygens (including phenoxy) is 1. The average molecular weight is 352 g/mol. The predicted octanol–water partition coefficient (Wildman–Crippen LogP) is 3.06. The Kier molecular flexibility index (Phi) is 5.95. The van der Waals surface area contributed by atoms with Crippen molar-refractivity contribution in [1.82, 2.24) is 9.78 Å². The van der Waals surface area contributed by atoms with Crippen LogP contribution in [0.5, 0.6) is 0 Å². The van der Waals surface area contributed by atoms with E-state index in [0.29, 0.717) is 19.0 Å². The first-order valence-corrected chi connectivity index (χ1v) is 7.62. The van der Waals surface area contributed by atoms with E-state index in [1.54, 1.807) is 16.9 Å². The van der Waals surface area contributed by atoms with Gasteiger partial charge in [0.2, 0.25) is 0 Å². The molecule has 1 aromatic carbocycles. The lowest BCUT2D eigenvalue weighted by Gasteiger charge is -2.09. The molecule has 0 saturated heterocycles. The van der Waals surface area contributed by atoms with Crippen molar-refractivity contribution in [3.8, 4) is 0 Å². The number of hydrogen-bond donors (Lipinski definition) is 1. The van der Waals surface area contributed by atoms with Crippen molar-refractivity contribution in [2.24, 2.45) is 0 Å². The Bertz CT molecular complexity index is 598. The van der Waals surface area contributed by atoms with Crippen molar-refractivity contribution in [2.75, 3.05) is 18.5 Å². The van der Waals surface area contributed by atoms with Gasteiger partial charge in [0.25, 0.3) is 5.91 Å². The summed E-state index contributed by atoms with van der Waals surface area (Å²) in [5, 5.41) is 7.05. The third-order valence-electron chi connectivity index (χ3n) is 2.79. The first-order valence-electron chi connectivity index (χ1n) is 6.83. The van der Waals surface area contributed by atoms with Crippen LogP contribution in [0.4, 0.5) is 5.82 Å². The first kappa shape index (κ1) is 15.7. The Labute approximate surface area is 132 Å². The van der Waals surface area contributed by atoms with Crippen molar-refractivity contribution in [2.45, 2.75) is 19.9 Å². The molecule has 1 amide bonds. The summed E-state index contributed by atoms with van der Waals surface area (Å²) in [5.41, 5.74) is 1.10. The summed E-state index contributed by atoms with van der Waals surface area (Å²) < 4.78 is 7.99. The van der Waals surface area contributed by atoms with Crippen LogP contribution in [0, 0.1) is 0 Å². The molecule has 0 atom stereocenters. The van der Waals surface area contributed by atoms with Crippen LogP contribution in [0.1, 0.15) is 18.9 Å². The zero-order valence-electron chi connectivity index (χ0n) is 11.9. The van der Waals surface area contributed by atoms with Gasteiger partial charge in [0, 0.05) is 17.1 Å². The van der Waals surface area contributed by atoms with Crippen LogP contribution >= 0.6 is 15.9 Å². The fourth-order valence-electron chi connectivity index (χ4n) is 1.86. The highest BCUT2D eigenvalue weighted by Gasteiger charge is 2.08. The van der Waals surface area contributed by atoms with Gasteiger partial charge in [0.1, 0.15) is 12.4 Å². The minimum absolute atomic E-state index is 0.0654. The van der Waals surface area contributed by atoms with Gasteiger partial charge >= 0.3 is 0 Å². The van der Waals surface area contributed by atoms with Gasteiger partial charge in [-0.3, -0.25) is 4.79 Å².